The lowest BCUT2D eigenvalue weighted by atomic mass is 10.1. The van der Waals surface area contributed by atoms with Crippen molar-refractivity contribution in [3.05, 3.63) is 54.1 Å². The molecule has 0 radical (unpaired) electrons. The van der Waals surface area contributed by atoms with Crippen LogP contribution in [0, 0.1) is 0 Å². The van der Waals surface area contributed by atoms with E-state index in [-0.39, 0.29) is 17.4 Å². The lowest BCUT2D eigenvalue weighted by molar-refractivity contribution is -0.118. The number of ether oxygens (including phenoxy) is 1. The van der Waals surface area contributed by atoms with E-state index in [0.717, 1.165) is 12.0 Å². The van der Waals surface area contributed by atoms with Gasteiger partial charge in [0, 0.05) is 18.8 Å². The summed E-state index contributed by atoms with van der Waals surface area (Å²) in [7, 11) is -3.50. The first-order chi connectivity index (χ1) is 12.9. The quantitative estimate of drug-likeness (QED) is 0.713. The van der Waals surface area contributed by atoms with Crippen LogP contribution >= 0.6 is 0 Å². The highest BCUT2D eigenvalue weighted by Crippen LogP contribution is 2.20. The van der Waals surface area contributed by atoms with Crippen molar-refractivity contribution in [2.45, 2.75) is 32.1 Å². The number of anilines is 1. The highest BCUT2D eigenvalue weighted by atomic mass is 32.2. The van der Waals surface area contributed by atoms with Crippen LogP contribution in [0.15, 0.2) is 53.4 Å². The average molecular weight is 391 g/mol. The number of amides is 1. The Bertz CT molecular complexity index is 860. The number of aryl methyl sites for hydroxylation is 1. The zero-order valence-electron chi connectivity index (χ0n) is 15.9. The number of sulfonamides is 1. The largest absolute Gasteiger partial charge is 0.483 e. The van der Waals surface area contributed by atoms with Gasteiger partial charge in [-0.25, -0.2) is 8.42 Å². The standard InChI is InChI=1S/C20H26N2O4S/c1-4-16-9-7-8-10-19(16)26-15-20(23)21-17-11-13-18(14-12-17)27(24,25)22(5-2)6-3/h7-14H,4-6,15H2,1-3H3,(H,21,23). The van der Waals surface area contributed by atoms with E-state index in [2.05, 4.69) is 5.32 Å². The van der Waals surface area contributed by atoms with Gasteiger partial charge in [-0.1, -0.05) is 39.0 Å². The van der Waals surface area contributed by atoms with E-state index in [4.69, 9.17) is 4.74 Å². The van der Waals surface area contributed by atoms with Crippen LogP contribution < -0.4 is 10.1 Å². The summed E-state index contributed by atoms with van der Waals surface area (Å²) in [5, 5.41) is 2.71. The van der Waals surface area contributed by atoms with Gasteiger partial charge in [-0.15, -0.1) is 0 Å². The molecule has 27 heavy (non-hydrogen) atoms. The topological polar surface area (TPSA) is 75.7 Å². The second kappa shape index (κ2) is 9.53. The molecule has 2 rings (SSSR count). The molecule has 1 amide bonds. The van der Waals surface area contributed by atoms with Crippen LogP contribution in [-0.2, 0) is 21.2 Å². The zero-order valence-corrected chi connectivity index (χ0v) is 16.8. The minimum atomic E-state index is -3.50. The van der Waals surface area contributed by atoms with Crippen molar-refractivity contribution >= 4 is 21.6 Å². The van der Waals surface area contributed by atoms with Crippen LogP contribution in [0.2, 0.25) is 0 Å². The fraction of sp³-hybridized carbons (Fsp3) is 0.350. The van der Waals surface area contributed by atoms with Crippen molar-refractivity contribution in [3.63, 3.8) is 0 Å². The number of nitrogens with one attached hydrogen (secondary N) is 1. The van der Waals surface area contributed by atoms with Crippen molar-refractivity contribution < 1.29 is 17.9 Å². The molecule has 0 aromatic heterocycles. The molecule has 0 aliphatic heterocycles. The second-order valence-corrected chi connectivity index (χ2v) is 7.85. The zero-order chi connectivity index (χ0) is 19.9. The summed E-state index contributed by atoms with van der Waals surface area (Å²) in [5.41, 5.74) is 1.56. The molecule has 146 valence electrons. The molecule has 0 atom stereocenters. The highest BCUT2D eigenvalue weighted by Gasteiger charge is 2.21. The van der Waals surface area contributed by atoms with Crippen LogP contribution in [0.3, 0.4) is 0 Å². The van der Waals surface area contributed by atoms with Gasteiger partial charge in [0.25, 0.3) is 5.91 Å². The van der Waals surface area contributed by atoms with Crippen molar-refractivity contribution in [1.29, 1.82) is 0 Å². The van der Waals surface area contributed by atoms with Gasteiger partial charge in [0.1, 0.15) is 5.75 Å². The Morgan fingerprint density at radius 2 is 1.63 bits per heavy atom. The average Bonchev–Trinajstić information content (AvgIpc) is 2.67. The van der Waals surface area contributed by atoms with Crippen LogP contribution in [0.1, 0.15) is 26.3 Å². The normalized spacial score (nSPS) is 11.4. The highest BCUT2D eigenvalue weighted by molar-refractivity contribution is 7.89. The SMILES string of the molecule is CCc1ccccc1OCC(=O)Nc1ccc(S(=O)(=O)N(CC)CC)cc1. The Labute approximate surface area is 161 Å². The predicted octanol–water partition coefficient (Wildman–Crippen LogP) is 3.30. The van der Waals surface area contributed by atoms with Gasteiger partial charge in [0.05, 0.1) is 4.90 Å². The number of para-hydroxylation sites is 1. The number of hydrogen-bond acceptors (Lipinski definition) is 4. The van der Waals surface area contributed by atoms with Crippen molar-refractivity contribution in [2.75, 3.05) is 25.0 Å². The third kappa shape index (κ3) is 5.30. The molecular weight excluding hydrogens is 364 g/mol. The summed E-state index contributed by atoms with van der Waals surface area (Å²) < 4.78 is 31.9. The molecule has 0 aliphatic carbocycles. The number of carbonyl (C=O) groups excluding carboxylic acids is 1. The number of nitrogens with zero attached hydrogens (tertiary/aromatic N) is 1. The van der Waals surface area contributed by atoms with Crippen molar-refractivity contribution in [1.82, 2.24) is 4.31 Å². The molecule has 0 fully saturated rings. The van der Waals surface area contributed by atoms with Crippen molar-refractivity contribution in [2.24, 2.45) is 0 Å². The number of hydrogen-bond donors (Lipinski definition) is 1. The first-order valence-corrected chi connectivity index (χ1v) is 10.5. The van der Waals surface area contributed by atoms with Gasteiger partial charge < -0.3 is 10.1 Å². The van der Waals surface area contributed by atoms with Crippen LogP contribution in [0.4, 0.5) is 5.69 Å². The number of rotatable bonds is 9. The maximum Gasteiger partial charge on any atom is 0.262 e. The molecule has 0 saturated carbocycles. The van der Waals surface area contributed by atoms with E-state index >= 15 is 0 Å². The first kappa shape index (κ1) is 20.9. The Hall–Kier alpha value is -2.38. The summed E-state index contributed by atoms with van der Waals surface area (Å²) in [6.07, 6.45) is 0.820. The van der Waals surface area contributed by atoms with Crippen LogP contribution in [-0.4, -0.2) is 38.3 Å². The Morgan fingerprint density at radius 3 is 2.22 bits per heavy atom. The van der Waals surface area contributed by atoms with Gasteiger partial charge in [-0.2, -0.15) is 4.31 Å². The lowest BCUT2D eigenvalue weighted by Gasteiger charge is -2.18. The molecule has 2 aromatic carbocycles. The van der Waals surface area contributed by atoms with E-state index in [1.807, 2.05) is 31.2 Å². The first-order valence-electron chi connectivity index (χ1n) is 9.03. The number of benzene rings is 2. The molecule has 2 aromatic rings. The third-order valence-electron chi connectivity index (χ3n) is 4.19. The van der Waals surface area contributed by atoms with Crippen molar-refractivity contribution in [3.8, 4) is 5.75 Å². The Balaban J connectivity index is 1.99. The predicted molar refractivity (Wildman–Crippen MR) is 106 cm³/mol. The lowest BCUT2D eigenvalue weighted by Crippen LogP contribution is -2.30. The van der Waals surface area contributed by atoms with Gasteiger partial charge in [0.2, 0.25) is 10.0 Å². The number of carbonyl (C=O) groups is 1. The summed E-state index contributed by atoms with van der Waals surface area (Å²) >= 11 is 0. The fourth-order valence-corrected chi connectivity index (χ4v) is 4.16. The van der Waals surface area contributed by atoms with E-state index in [1.165, 1.54) is 16.4 Å². The minimum absolute atomic E-state index is 0.115. The maximum absolute atomic E-state index is 12.5. The van der Waals surface area contributed by atoms with Gasteiger partial charge in [-0.3, -0.25) is 4.79 Å². The molecule has 0 unspecified atom stereocenters. The molecule has 0 saturated heterocycles. The molecule has 7 heteroatoms. The second-order valence-electron chi connectivity index (χ2n) is 5.91. The summed E-state index contributed by atoms with van der Waals surface area (Å²) in [6.45, 7) is 6.33. The summed E-state index contributed by atoms with van der Waals surface area (Å²) in [4.78, 5) is 12.3. The van der Waals surface area contributed by atoms with E-state index in [0.29, 0.717) is 24.5 Å². The van der Waals surface area contributed by atoms with Gasteiger partial charge in [-0.05, 0) is 42.3 Å². The summed E-state index contributed by atoms with van der Waals surface area (Å²) in [5.74, 6) is 0.385. The van der Waals surface area contributed by atoms with Crippen LogP contribution in [0.5, 0.6) is 5.75 Å². The molecule has 0 bridgehead atoms. The van der Waals surface area contributed by atoms with E-state index < -0.39 is 10.0 Å². The summed E-state index contributed by atoms with van der Waals surface area (Å²) in [6, 6.07) is 13.7. The molecular formula is C20H26N2O4S. The molecule has 0 heterocycles. The Kier molecular flexibility index (Phi) is 7.38. The monoisotopic (exact) mass is 390 g/mol. The molecule has 0 spiro atoms. The smallest absolute Gasteiger partial charge is 0.262 e. The fourth-order valence-electron chi connectivity index (χ4n) is 2.70. The van der Waals surface area contributed by atoms with E-state index in [1.54, 1.807) is 26.0 Å². The maximum atomic E-state index is 12.5. The van der Waals surface area contributed by atoms with Gasteiger partial charge >= 0.3 is 0 Å². The van der Waals surface area contributed by atoms with Crippen LogP contribution in [0.25, 0.3) is 0 Å². The third-order valence-corrected chi connectivity index (χ3v) is 6.26. The molecule has 6 nitrogen and oxygen atoms in total. The molecule has 1 N–H and O–H groups in total. The van der Waals surface area contributed by atoms with Gasteiger partial charge in [0.15, 0.2) is 6.61 Å². The molecule has 0 aliphatic rings. The van der Waals surface area contributed by atoms with E-state index in [9.17, 15) is 13.2 Å². The minimum Gasteiger partial charge on any atom is -0.483 e. The Morgan fingerprint density at radius 1 is 1.00 bits per heavy atom.